The van der Waals surface area contributed by atoms with Crippen LogP contribution in [0.3, 0.4) is 0 Å². The van der Waals surface area contributed by atoms with Gasteiger partial charge in [0.2, 0.25) is 0 Å². The third-order valence-corrected chi connectivity index (χ3v) is 13.1. The molecule has 9 saturated carbocycles. The summed E-state index contributed by atoms with van der Waals surface area (Å²) in [5.74, 6) is 7.80. The fourth-order valence-corrected chi connectivity index (χ4v) is 13.0. The van der Waals surface area contributed by atoms with Gasteiger partial charge in [0.05, 0.1) is 0 Å². The number of rotatable bonds is 2. The van der Waals surface area contributed by atoms with E-state index in [-0.39, 0.29) is 0 Å². The van der Waals surface area contributed by atoms with E-state index in [0.29, 0.717) is 5.16 Å². The van der Waals surface area contributed by atoms with Crippen molar-refractivity contribution in [1.29, 1.82) is 0 Å². The summed E-state index contributed by atoms with van der Waals surface area (Å²) in [7, 11) is 3.71. The third-order valence-electron chi connectivity index (χ3n) is 11.8. The minimum absolute atomic E-state index is 0.618. The summed E-state index contributed by atoms with van der Waals surface area (Å²) in [4.78, 5) is 0. The summed E-state index contributed by atoms with van der Waals surface area (Å²) >= 11 is 0. The topological polar surface area (TPSA) is 0 Å². The molecule has 0 aromatic carbocycles. The van der Waals surface area contributed by atoms with Crippen LogP contribution in [0.4, 0.5) is 0 Å². The van der Waals surface area contributed by atoms with Gasteiger partial charge in [0.25, 0.3) is 0 Å². The van der Waals surface area contributed by atoms with Gasteiger partial charge in [-0.3, -0.25) is 0 Å². The van der Waals surface area contributed by atoms with Crippen molar-refractivity contribution in [3.8, 4) is 0 Å². The third kappa shape index (κ3) is 2.27. The van der Waals surface area contributed by atoms with Crippen LogP contribution in [0.2, 0.25) is 0 Å². The molecule has 0 radical (unpaired) electrons. The Balaban J connectivity index is 1.30. The zero-order valence-electron chi connectivity index (χ0n) is 17.4. The van der Waals surface area contributed by atoms with Crippen molar-refractivity contribution in [2.75, 3.05) is 0 Å². The molecule has 0 heterocycles. The molecule has 0 aromatic rings. The molecule has 8 bridgehead atoms. The Bertz CT molecular complexity index is 564. The van der Waals surface area contributed by atoms with Gasteiger partial charge >= 0.3 is 0 Å². The van der Waals surface area contributed by atoms with Gasteiger partial charge in [0.15, 0.2) is 0 Å². The maximum Gasteiger partial charge on any atom is -0.00602 e. The molecule has 9 aliphatic rings. The van der Waals surface area contributed by atoms with E-state index in [2.05, 4.69) is 9.24 Å². The highest BCUT2D eigenvalue weighted by Crippen LogP contribution is 2.74. The highest BCUT2D eigenvalue weighted by molar-refractivity contribution is 7.19. The van der Waals surface area contributed by atoms with E-state index >= 15 is 0 Å². The Morgan fingerprint density at radius 3 is 1.48 bits per heavy atom. The maximum absolute atomic E-state index is 3.71. The molecule has 3 unspecified atom stereocenters. The Kier molecular flexibility index (Phi) is 3.53. The summed E-state index contributed by atoms with van der Waals surface area (Å²) in [6.07, 6.45) is 25.8. The molecule has 0 saturated heterocycles. The molecule has 27 heavy (non-hydrogen) atoms. The minimum Gasteiger partial charge on any atom is -0.130 e. The molecule has 9 aliphatic carbocycles. The van der Waals surface area contributed by atoms with E-state index < -0.39 is 0 Å². The lowest BCUT2D eigenvalue weighted by atomic mass is 9.38. The van der Waals surface area contributed by atoms with E-state index in [1.807, 2.05) is 0 Å². The Morgan fingerprint density at radius 2 is 1.00 bits per heavy atom. The Morgan fingerprint density at radius 1 is 0.556 bits per heavy atom. The summed E-state index contributed by atoms with van der Waals surface area (Å²) in [5.41, 5.74) is 1.51. The van der Waals surface area contributed by atoms with Crippen LogP contribution in [0.1, 0.15) is 103 Å². The van der Waals surface area contributed by atoms with Gasteiger partial charge in [0, 0.05) is 0 Å². The average molecular weight is 385 g/mol. The van der Waals surface area contributed by atoms with Crippen molar-refractivity contribution in [3.05, 3.63) is 0 Å². The van der Waals surface area contributed by atoms with E-state index in [9.17, 15) is 0 Å². The van der Waals surface area contributed by atoms with Crippen molar-refractivity contribution < 1.29 is 0 Å². The van der Waals surface area contributed by atoms with Crippen LogP contribution < -0.4 is 0 Å². The van der Waals surface area contributed by atoms with Gasteiger partial charge in [-0.25, -0.2) is 0 Å². The fraction of sp³-hybridized carbons (Fsp3) is 1.00. The first-order chi connectivity index (χ1) is 13.1. The van der Waals surface area contributed by atoms with Crippen LogP contribution in [0, 0.1) is 52.3 Å². The van der Waals surface area contributed by atoms with Gasteiger partial charge in [0.1, 0.15) is 0 Å². The standard InChI is InChI=1S/C26H41P/c27-26(25-14-20-8-21(15-25)10-22(9-20)16-25)4-2-1-3-23(26)24-11-17-5-18(12-24)7-19(6-17)13-24/h17-23H,1-16,27H2. The summed E-state index contributed by atoms with van der Waals surface area (Å²) < 4.78 is 0. The lowest BCUT2D eigenvalue weighted by molar-refractivity contribution is -0.151. The number of hydrogen-bond acceptors (Lipinski definition) is 0. The quantitative estimate of drug-likeness (QED) is 0.441. The lowest BCUT2D eigenvalue weighted by Crippen LogP contribution is -2.64. The predicted octanol–water partition coefficient (Wildman–Crippen LogP) is 7.22. The van der Waals surface area contributed by atoms with Gasteiger partial charge in [-0.05, 0) is 147 Å². The first-order valence-corrected chi connectivity index (χ1v) is 13.4. The molecule has 9 fully saturated rings. The normalized spacial score (nSPS) is 63.7. The van der Waals surface area contributed by atoms with Gasteiger partial charge in [-0.15, -0.1) is 9.24 Å². The van der Waals surface area contributed by atoms with Gasteiger partial charge in [-0.1, -0.05) is 12.8 Å². The molecule has 0 N–H and O–H groups in total. The van der Waals surface area contributed by atoms with Crippen molar-refractivity contribution in [2.45, 2.75) is 108 Å². The largest absolute Gasteiger partial charge is 0.130 e. The second-order valence-corrected chi connectivity index (χ2v) is 14.3. The molecular formula is C26H41P. The zero-order valence-corrected chi connectivity index (χ0v) is 18.6. The molecule has 0 aliphatic heterocycles. The molecule has 9 rings (SSSR count). The van der Waals surface area contributed by atoms with Crippen LogP contribution >= 0.6 is 9.24 Å². The average Bonchev–Trinajstić information content (AvgIpc) is 2.59. The highest BCUT2D eigenvalue weighted by Gasteiger charge is 2.66. The molecule has 0 aromatic heterocycles. The van der Waals surface area contributed by atoms with Crippen LogP contribution in [-0.2, 0) is 0 Å². The van der Waals surface area contributed by atoms with Crippen LogP contribution in [-0.4, -0.2) is 5.16 Å². The summed E-state index contributed by atoms with van der Waals surface area (Å²) in [5, 5.41) is 0.618. The number of hydrogen-bond donors (Lipinski definition) is 0. The molecule has 0 nitrogen and oxygen atoms in total. The maximum atomic E-state index is 3.71. The lowest BCUT2D eigenvalue weighted by Gasteiger charge is -2.70. The minimum atomic E-state index is 0.618. The molecule has 3 atom stereocenters. The Hall–Kier alpha value is 0.430. The molecule has 0 spiro atoms. The van der Waals surface area contributed by atoms with Gasteiger partial charge in [-0.2, -0.15) is 0 Å². The Labute approximate surface area is 169 Å². The molecule has 1 heteroatoms. The van der Waals surface area contributed by atoms with Crippen molar-refractivity contribution in [3.63, 3.8) is 0 Å². The van der Waals surface area contributed by atoms with Crippen LogP contribution in [0.5, 0.6) is 0 Å². The van der Waals surface area contributed by atoms with Crippen LogP contribution in [0.15, 0.2) is 0 Å². The molecular weight excluding hydrogens is 343 g/mol. The summed E-state index contributed by atoms with van der Waals surface area (Å²) in [6.45, 7) is 0. The first kappa shape index (κ1) is 17.1. The predicted molar refractivity (Wildman–Crippen MR) is 116 cm³/mol. The van der Waals surface area contributed by atoms with Crippen molar-refractivity contribution >= 4 is 9.24 Å². The molecule has 150 valence electrons. The molecule has 0 amide bonds. The SMILES string of the molecule is PC1(C23CC4CC(CC(C4)C2)C3)CCCCC1C12CC3CC(CC(C3)C1)C2. The zero-order chi connectivity index (χ0) is 17.9. The highest BCUT2D eigenvalue weighted by atomic mass is 31.0. The fourth-order valence-electron chi connectivity index (χ4n) is 12.0. The monoisotopic (exact) mass is 384 g/mol. The second kappa shape index (κ2) is 5.56. The van der Waals surface area contributed by atoms with Crippen molar-refractivity contribution in [1.82, 2.24) is 0 Å². The first-order valence-electron chi connectivity index (χ1n) is 12.8. The van der Waals surface area contributed by atoms with E-state index in [1.165, 1.54) is 6.42 Å². The van der Waals surface area contributed by atoms with E-state index in [0.717, 1.165) is 52.3 Å². The van der Waals surface area contributed by atoms with Crippen LogP contribution in [0.25, 0.3) is 0 Å². The second-order valence-electron chi connectivity index (χ2n) is 13.3. The van der Waals surface area contributed by atoms with E-state index in [4.69, 9.17) is 0 Å². The smallest absolute Gasteiger partial charge is 0.00602 e. The summed E-state index contributed by atoms with van der Waals surface area (Å²) in [6, 6.07) is 0. The van der Waals surface area contributed by atoms with E-state index in [1.54, 1.807) is 96.3 Å². The van der Waals surface area contributed by atoms with Crippen molar-refractivity contribution in [2.24, 2.45) is 52.3 Å². The van der Waals surface area contributed by atoms with Gasteiger partial charge < -0.3 is 0 Å².